The smallest absolute Gasteiger partial charge is 0.326 e. The quantitative estimate of drug-likeness (QED) is 0.223. The average molecular weight is 445 g/mol. The van der Waals surface area contributed by atoms with E-state index in [4.69, 9.17) is 10.8 Å². The Labute approximate surface area is 182 Å². The van der Waals surface area contributed by atoms with Crippen LogP contribution in [0.4, 0.5) is 0 Å². The van der Waals surface area contributed by atoms with E-state index in [1.54, 1.807) is 41.5 Å². The van der Waals surface area contributed by atoms with Crippen LogP contribution in [0.15, 0.2) is 0 Å². The van der Waals surface area contributed by atoms with Crippen LogP contribution >= 0.6 is 0 Å². The van der Waals surface area contributed by atoms with Crippen molar-refractivity contribution in [2.24, 2.45) is 23.5 Å². The molecule has 0 rings (SSSR count). The first-order valence-corrected chi connectivity index (χ1v) is 10.3. The van der Waals surface area contributed by atoms with Crippen LogP contribution in [0.2, 0.25) is 0 Å². The van der Waals surface area contributed by atoms with E-state index in [1.165, 1.54) is 0 Å². The van der Waals surface area contributed by atoms with Crippen LogP contribution in [0.25, 0.3) is 0 Å². The van der Waals surface area contributed by atoms with Gasteiger partial charge in [-0.3, -0.25) is 19.2 Å². The molecule has 0 radical (unpaired) electrons. The molecule has 0 aromatic heterocycles. The van der Waals surface area contributed by atoms with E-state index in [1.807, 2.05) is 0 Å². The van der Waals surface area contributed by atoms with Crippen molar-refractivity contribution < 1.29 is 34.2 Å². The van der Waals surface area contributed by atoms with Gasteiger partial charge in [0.05, 0.1) is 12.5 Å². The van der Waals surface area contributed by atoms with Crippen molar-refractivity contribution in [3.05, 3.63) is 0 Å². The summed E-state index contributed by atoms with van der Waals surface area (Å²) in [5.41, 5.74) is 5.75. The third-order valence-corrected chi connectivity index (χ3v) is 5.06. The predicted octanol–water partition coefficient (Wildman–Crippen LogP) is -0.314. The number of rotatable bonds is 13. The highest BCUT2D eigenvalue weighted by molar-refractivity contribution is 5.95. The first-order chi connectivity index (χ1) is 14.2. The van der Waals surface area contributed by atoms with E-state index in [0.717, 1.165) is 0 Å². The van der Waals surface area contributed by atoms with Crippen LogP contribution in [-0.2, 0) is 24.0 Å². The molecule has 0 aliphatic carbocycles. The lowest BCUT2D eigenvalue weighted by atomic mass is 9.97. The molecule has 0 aliphatic heterocycles. The third kappa shape index (κ3) is 9.33. The van der Waals surface area contributed by atoms with Gasteiger partial charge in [0, 0.05) is 0 Å². The number of carboxylic acid groups (broad SMARTS) is 2. The molecule has 3 amide bonds. The summed E-state index contributed by atoms with van der Waals surface area (Å²) in [5, 5.41) is 25.7. The highest BCUT2D eigenvalue weighted by Gasteiger charge is 2.34. The van der Waals surface area contributed by atoms with Gasteiger partial charge in [-0.1, -0.05) is 48.0 Å². The normalized spacial score (nSPS) is 16.0. The minimum absolute atomic E-state index is 0.240. The lowest BCUT2D eigenvalue weighted by Gasteiger charge is -2.28. The highest BCUT2D eigenvalue weighted by atomic mass is 16.4. The molecule has 0 bridgehead atoms. The summed E-state index contributed by atoms with van der Waals surface area (Å²) >= 11 is 0. The summed E-state index contributed by atoms with van der Waals surface area (Å²) in [5.74, 6) is -5.83. The molecule has 0 saturated carbocycles. The molecular weight excluding hydrogens is 408 g/mol. The predicted molar refractivity (Wildman–Crippen MR) is 113 cm³/mol. The number of carboxylic acids is 2. The van der Waals surface area contributed by atoms with Crippen LogP contribution in [0.5, 0.6) is 0 Å². The molecule has 178 valence electrons. The van der Waals surface area contributed by atoms with Gasteiger partial charge in [0.25, 0.3) is 0 Å². The molecule has 0 saturated heterocycles. The number of hydrogen-bond donors (Lipinski definition) is 6. The van der Waals surface area contributed by atoms with Crippen molar-refractivity contribution in [1.82, 2.24) is 16.0 Å². The Morgan fingerprint density at radius 1 is 0.774 bits per heavy atom. The fourth-order valence-electron chi connectivity index (χ4n) is 2.67. The monoisotopic (exact) mass is 444 g/mol. The van der Waals surface area contributed by atoms with Gasteiger partial charge >= 0.3 is 11.9 Å². The number of carbonyl (C=O) groups excluding carboxylic acids is 3. The van der Waals surface area contributed by atoms with Crippen molar-refractivity contribution in [3.8, 4) is 0 Å². The summed E-state index contributed by atoms with van der Waals surface area (Å²) in [4.78, 5) is 60.3. The number of carbonyl (C=O) groups is 5. The van der Waals surface area contributed by atoms with Crippen molar-refractivity contribution in [2.75, 3.05) is 0 Å². The molecule has 11 heteroatoms. The van der Waals surface area contributed by atoms with Crippen LogP contribution in [0.3, 0.4) is 0 Å². The van der Waals surface area contributed by atoms with Gasteiger partial charge in [-0.2, -0.15) is 0 Å². The van der Waals surface area contributed by atoms with Crippen LogP contribution in [0.1, 0.15) is 54.4 Å². The first kappa shape index (κ1) is 28.3. The maximum Gasteiger partial charge on any atom is 0.326 e. The van der Waals surface area contributed by atoms with E-state index in [2.05, 4.69) is 16.0 Å². The van der Waals surface area contributed by atoms with E-state index >= 15 is 0 Å². The molecule has 0 aliphatic rings. The standard InChI is InChI=1S/C20H36N4O7/c1-7-11(6)16(20(30)31)24-19(29)15(10(4)5)23-17(27)12(8-13(25)26)22-18(28)14(21)9(2)3/h9-12,14-16H,7-8,21H2,1-6H3,(H,22,28)(H,23,27)(H,24,29)(H,25,26)(H,30,31). The van der Waals surface area contributed by atoms with Gasteiger partial charge in [-0.15, -0.1) is 0 Å². The molecule has 11 nitrogen and oxygen atoms in total. The van der Waals surface area contributed by atoms with E-state index in [0.29, 0.717) is 6.42 Å². The Bertz CT molecular complexity index is 666. The minimum Gasteiger partial charge on any atom is -0.481 e. The summed E-state index contributed by atoms with van der Waals surface area (Å²) < 4.78 is 0. The van der Waals surface area contributed by atoms with Gasteiger partial charge in [0.2, 0.25) is 17.7 Å². The highest BCUT2D eigenvalue weighted by Crippen LogP contribution is 2.10. The minimum atomic E-state index is -1.45. The molecule has 5 atom stereocenters. The second-order valence-corrected chi connectivity index (χ2v) is 8.37. The number of nitrogens with one attached hydrogen (secondary N) is 3. The van der Waals surface area contributed by atoms with E-state index < -0.39 is 66.2 Å². The fraction of sp³-hybridized carbons (Fsp3) is 0.750. The summed E-state index contributed by atoms with van der Waals surface area (Å²) in [6, 6.07) is -4.67. The molecular formula is C20H36N4O7. The van der Waals surface area contributed by atoms with Crippen molar-refractivity contribution in [2.45, 2.75) is 78.6 Å². The summed E-state index contributed by atoms with van der Waals surface area (Å²) in [7, 11) is 0. The maximum atomic E-state index is 12.7. The van der Waals surface area contributed by atoms with Gasteiger partial charge in [-0.25, -0.2) is 4.79 Å². The van der Waals surface area contributed by atoms with Crippen LogP contribution in [-0.4, -0.2) is 64.0 Å². The zero-order valence-corrected chi connectivity index (χ0v) is 19.0. The molecule has 31 heavy (non-hydrogen) atoms. The van der Waals surface area contributed by atoms with Crippen molar-refractivity contribution in [1.29, 1.82) is 0 Å². The second-order valence-electron chi connectivity index (χ2n) is 8.37. The molecule has 0 aromatic rings. The lowest BCUT2D eigenvalue weighted by molar-refractivity contribution is -0.144. The summed E-state index contributed by atoms with van der Waals surface area (Å²) in [6.07, 6.45) is -0.196. The third-order valence-electron chi connectivity index (χ3n) is 5.06. The Hall–Kier alpha value is -2.69. The van der Waals surface area contributed by atoms with Crippen LogP contribution < -0.4 is 21.7 Å². The molecule has 0 spiro atoms. The Morgan fingerprint density at radius 2 is 1.29 bits per heavy atom. The van der Waals surface area contributed by atoms with Crippen LogP contribution in [0, 0.1) is 17.8 Å². The zero-order valence-electron chi connectivity index (χ0n) is 19.0. The van der Waals surface area contributed by atoms with E-state index in [9.17, 15) is 29.1 Å². The Morgan fingerprint density at radius 3 is 1.68 bits per heavy atom. The van der Waals surface area contributed by atoms with Gasteiger partial charge < -0.3 is 31.9 Å². The first-order valence-electron chi connectivity index (χ1n) is 10.3. The number of nitrogens with two attached hydrogens (primary N) is 1. The largest absolute Gasteiger partial charge is 0.481 e. The summed E-state index contributed by atoms with van der Waals surface area (Å²) in [6.45, 7) is 10.2. The Balaban J connectivity index is 5.50. The maximum absolute atomic E-state index is 12.7. The molecule has 0 fully saturated rings. The molecule has 5 unspecified atom stereocenters. The lowest BCUT2D eigenvalue weighted by Crippen LogP contribution is -2.59. The topological polar surface area (TPSA) is 188 Å². The average Bonchev–Trinajstić information content (AvgIpc) is 2.66. The van der Waals surface area contributed by atoms with Crippen molar-refractivity contribution >= 4 is 29.7 Å². The second kappa shape index (κ2) is 12.9. The van der Waals surface area contributed by atoms with Gasteiger partial charge in [0.1, 0.15) is 18.1 Å². The number of hydrogen-bond acceptors (Lipinski definition) is 6. The van der Waals surface area contributed by atoms with E-state index in [-0.39, 0.29) is 11.8 Å². The fourth-order valence-corrected chi connectivity index (χ4v) is 2.67. The molecule has 7 N–H and O–H groups in total. The Kier molecular flexibility index (Phi) is 11.8. The number of aliphatic carboxylic acids is 2. The van der Waals surface area contributed by atoms with Gasteiger partial charge in [0.15, 0.2) is 0 Å². The van der Waals surface area contributed by atoms with Gasteiger partial charge in [-0.05, 0) is 17.8 Å². The SMILES string of the molecule is CCC(C)C(NC(=O)C(NC(=O)C(CC(=O)O)NC(=O)C(N)C(C)C)C(C)C)C(=O)O. The zero-order chi connectivity index (χ0) is 24.5. The number of amides is 3. The molecule has 0 aromatic carbocycles. The molecule has 0 heterocycles. The van der Waals surface area contributed by atoms with Crippen molar-refractivity contribution in [3.63, 3.8) is 0 Å².